The summed E-state index contributed by atoms with van der Waals surface area (Å²) in [5.41, 5.74) is 5.06. The monoisotopic (exact) mass is 249 g/mol. The van der Waals surface area contributed by atoms with Gasteiger partial charge in [-0.25, -0.2) is 0 Å². The third-order valence-electron chi connectivity index (χ3n) is 3.29. The van der Waals surface area contributed by atoms with E-state index in [1.807, 2.05) is 13.8 Å². The molecule has 100 valence electrons. The van der Waals surface area contributed by atoms with Gasteiger partial charge in [0, 0.05) is 5.69 Å². The first-order chi connectivity index (χ1) is 8.37. The van der Waals surface area contributed by atoms with Crippen molar-refractivity contribution in [2.24, 2.45) is 0 Å². The molecule has 1 heterocycles. The van der Waals surface area contributed by atoms with Crippen molar-refractivity contribution in [3.05, 3.63) is 28.8 Å². The maximum Gasteiger partial charge on any atom is 0.162 e. The third-order valence-corrected chi connectivity index (χ3v) is 3.29. The Morgan fingerprint density at radius 2 is 1.56 bits per heavy atom. The quantitative estimate of drug-likeness (QED) is 0.873. The largest absolute Gasteiger partial charge is 0.377 e. The van der Waals surface area contributed by atoms with Gasteiger partial charge in [0.05, 0.1) is 19.3 Å². The molecule has 1 aromatic carbocycles. The van der Waals surface area contributed by atoms with Gasteiger partial charge in [0.15, 0.2) is 5.79 Å². The highest BCUT2D eigenvalue weighted by Crippen LogP contribution is 2.25. The molecule has 1 fully saturated rings. The Balaban J connectivity index is 2.07. The average molecular weight is 249 g/mol. The van der Waals surface area contributed by atoms with Crippen molar-refractivity contribution < 1.29 is 9.47 Å². The summed E-state index contributed by atoms with van der Waals surface area (Å²) < 4.78 is 11.3. The van der Waals surface area contributed by atoms with Crippen LogP contribution in [0.3, 0.4) is 0 Å². The minimum absolute atomic E-state index is 0.220. The molecule has 1 N–H and O–H groups in total. The van der Waals surface area contributed by atoms with Crippen LogP contribution in [0.15, 0.2) is 12.1 Å². The lowest BCUT2D eigenvalue weighted by Crippen LogP contribution is -2.45. The van der Waals surface area contributed by atoms with Crippen LogP contribution in [0, 0.1) is 20.8 Å². The summed E-state index contributed by atoms with van der Waals surface area (Å²) in [6.45, 7) is 11.7. The molecule has 0 spiro atoms. The second-order valence-electron chi connectivity index (χ2n) is 5.64. The molecule has 1 aromatic rings. The first kappa shape index (κ1) is 13.4. The van der Waals surface area contributed by atoms with E-state index in [0.717, 1.165) is 0 Å². The van der Waals surface area contributed by atoms with Gasteiger partial charge < -0.3 is 14.8 Å². The van der Waals surface area contributed by atoms with Gasteiger partial charge in [0.2, 0.25) is 0 Å². The lowest BCUT2D eigenvalue weighted by molar-refractivity contribution is -0.247. The van der Waals surface area contributed by atoms with Crippen LogP contribution in [-0.2, 0) is 9.47 Å². The van der Waals surface area contributed by atoms with Crippen molar-refractivity contribution in [1.29, 1.82) is 0 Å². The molecule has 2 rings (SSSR count). The number of anilines is 1. The Morgan fingerprint density at radius 1 is 1.06 bits per heavy atom. The Hall–Kier alpha value is -1.06. The molecule has 0 aromatic heterocycles. The maximum atomic E-state index is 5.67. The summed E-state index contributed by atoms with van der Waals surface area (Å²) >= 11 is 0. The number of rotatable bonds is 2. The summed E-state index contributed by atoms with van der Waals surface area (Å²) in [5, 5.41) is 3.53. The Bertz CT molecular complexity index is 407. The summed E-state index contributed by atoms with van der Waals surface area (Å²) in [7, 11) is 0. The van der Waals surface area contributed by atoms with Gasteiger partial charge in [-0.3, -0.25) is 0 Å². The second-order valence-corrected chi connectivity index (χ2v) is 5.64. The smallest absolute Gasteiger partial charge is 0.162 e. The molecule has 0 saturated carbocycles. The van der Waals surface area contributed by atoms with Crippen LogP contribution < -0.4 is 5.32 Å². The summed E-state index contributed by atoms with van der Waals surface area (Å²) in [6, 6.07) is 4.62. The Kier molecular flexibility index (Phi) is 3.64. The SMILES string of the molecule is Cc1cc(C)c(NC2COC(C)(C)OC2)c(C)c1. The Morgan fingerprint density at radius 3 is 2.06 bits per heavy atom. The normalized spacial score (nSPS) is 19.8. The average Bonchev–Trinajstić information content (AvgIpc) is 2.25. The molecule has 0 atom stereocenters. The fraction of sp³-hybridized carbons (Fsp3) is 0.600. The molecule has 3 heteroatoms. The standard InChI is InChI=1S/C15H23NO2/c1-10-6-11(2)14(12(3)7-10)16-13-8-17-15(4,5)18-9-13/h6-7,13,16H,8-9H2,1-5H3. The van der Waals surface area contributed by atoms with E-state index in [-0.39, 0.29) is 6.04 Å². The highest BCUT2D eigenvalue weighted by molar-refractivity contribution is 5.58. The van der Waals surface area contributed by atoms with Crippen LogP contribution in [0.1, 0.15) is 30.5 Å². The number of benzene rings is 1. The van der Waals surface area contributed by atoms with Gasteiger partial charge in [-0.05, 0) is 45.7 Å². The fourth-order valence-electron chi connectivity index (χ4n) is 2.39. The van der Waals surface area contributed by atoms with Crippen molar-refractivity contribution in [3.63, 3.8) is 0 Å². The zero-order chi connectivity index (χ0) is 13.3. The van der Waals surface area contributed by atoms with Crippen molar-refractivity contribution in [2.75, 3.05) is 18.5 Å². The molecular formula is C15H23NO2. The molecule has 0 aliphatic carbocycles. The van der Waals surface area contributed by atoms with Crippen LogP contribution in [-0.4, -0.2) is 25.0 Å². The van der Waals surface area contributed by atoms with Crippen LogP contribution in [0.5, 0.6) is 0 Å². The van der Waals surface area contributed by atoms with Crippen LogP contribution in [0.2, 0.25) is 0 Å². The minimum Gasteiger partial charge on any atom is -0.377 e. The maximum absolute atomic E-state index is 5.67. The highest BCUT2D eigenvalue weighted by atomic mass is 16.7. The van der Waals surface area contributed by atoms with E-state index in [9.17, 15) is 0 Å². The molecule has 0 bridgehead atoms. The molecule has 1 aliphatic heterocycles. The highest BCUT2D eigenvalue weighted by Gasteiger charge is 2.28. The molecule has 1 aliphatic rings. The van der Waals surface area contributed by atoms with Gasteiger partial charge in [-0.1, -0.05) is 17.7 Å². The number of hydrogen-bond donors (Lipinski definition) is 1. The first-order valence-electron chi connectivity index (χ1n) is 6.50. The zero-order valence-corrected chi connectivity index (χ0v) is 12.0. The van der Waals surface area contributed by atoms with E-state index in [4.69, 9.17) is 9.47 Å². The minimum atomic E-state index is -0.449. The van der Waals surface area contributed by atoms with Crippen LogP contribution >= 0.6 is 0 Å². The van der Waals surface area contributed by atoms with Crippen molar-refractivity contribution in [1.82, 2.24) is 0 Å². The fourth-order valence-corrected chi connectivity index (χ4v) is 2.39. The van der Waals surface area contributed by atoms with E-state index >= 15 is 0 Å². The number of nitrogens with one attached hydrogen (secondary N) is 1. The topological polar surface area (TPSA) is 30.5 Å². The Labute approximate surface area is 109 Å². The molecular weight excluding hydrogens is 226 g/mol. The van der Waals surface area contributed by atoms with E-state index in [1.165, 1.54) is 22.4 Å². The summed E-state index contributed by atoms with van der Waals surface area (Å²) in [4.78, 5) is 0. The number of ether oxygens (including phenoxy) is 2. The lowest BCUT2D eigenvalue weighted by atomic mass is 10.0. The second kappa shape index (κ2) is 4.90. The number of aryl methyl sites for hydroxylation is 3. The lowest BCUT2D eigenvalue weighted by Gasteiger charge is -2.36. The van der Waals surface area contributed by atoms with E-state index in [0.29, 0.717) is 13.2 Å². The predicted octanol–water partition coefficient (Wildman–Crippen LogP) is 3.18. The van der Waals surface area contributed by atoms with Crippen molar-refractivity contribution >= 4 is 5.69 Å². The predicted molar refractivity (Wildman–Crippen MR) is 74.0 cm³/mol. The molecule has 0 unspecified atom stereocenters. The van der Waals surface area contributed by atoms with E-state index in [1.54, 1.807) is 0 Å². The molecule has 0 amide bonds. The van der Waals surface area contributed by atoms with Gasteiger partial charge in [-0.2, -0.15) is 0 Å². The number of hydrogen-bond acceptors (Lipinski definition) is 3. The van der Waals surface area contributed by atoms with Crippen LogP contribution in [0.4, 0.5) is 5.69 Å². The third kappa shape index (κ3) is 3.03. The van der Waals surface area contributed by atoms with Gasteiger partial charge in [0.1, 0.15) is 0 Å². The van der Waals surface area contributed by atoms with Gasteiger partial charge in [-0.15, -0.1) is 0 Å². The molecule has 3 nitrogen and oxygen atoms in total. The van der Waals surface area contributed by atoms with E-state index < -0.39 is 5.79 Å². The first-order valence-corrected chi connectivity index (χ1v) is 6.50. The van der Waals surface area contributed by atoms with Gasteiger partial charge in [0.25, 0.3) is 0 Å². The van der Waals surface area contributed by atoms with Crippen molar-refractivity contribution in [3.8, 4) is 0 Å². The van der Waals surface area contributed by atoms with Gasteiger partial charge >= 0.3 is 0 Å². The van der Waals surface area contributed by atoms with Crippen molar-refractivity contribution in [2.45, 2.75) is 46.4 Å². The summed E-state index contributed by atoms with van der Waals surface area (Å²) in [6.07, 6.45) is 0. The molecule has 0 radical (unpaired) electrons. The molecule has 1 saturated heterocycles. The van der Waals surface area contributed by atoms with E-state index in [2.05, 4.69) is 38.2 Å². The molecule has 18 heavy (non-hydrogen) atoms. The van der Waals surface area contributed by atoms with Crippen LogP contribution in [0.25, 0.3) is 0 Å². The zero-order valence-electron chi connectivity index (χ0n) is 12.0. The summed E-state index contributed by atoms with van der Waals surface area (Å²) in [5.74, 6) is -0.449.